The summed E-state index contributed by atoms with van der Waals surface area (Å²) in [5.41, 5.74) is 10.2. The first kappa shape index (κ1) is 11.2. The SMILES string of the molecule is NC1=CC=CN2C1=C1CC=CC=C1Oc1ccccc12. The van der Waals surface area contributed by atoms with Crippen molar-refractivity contribution >= 4 is 5.69 Å². The quantitative estimate of drug-likeness (QED) is 0.779. The van der Waals surface area contributed by atoms with Gasteiger partial charge in [0.2, 0.25) is 0 Å². The Kier molecular flexibility index (Phi) is 2.33. The summed E-state index contributed by atoms with van der Waals surface area (Å²) >= 11 is 0. The summed E-state index contributed by atoms with van der Waals surface area (Å²) in [4.78, 5) is 2.11. The van der Waals surface area contributed by atoms with E-state index in [0.717, 1.165) is 40.6 Å². The molecule has 0 unspecified atom stereocenters. The standard InChI is InChI=1S/C17H14N2O/c18-13-7-5-11-19-14-8-2-4-10-16(14)20-15-9-3-1-6-12(15)17(13)19/h1-5,7-11H,6,18H2. The minimum absolute atomic E-state index is 0.768. The molecule has 2 aliphatic heterocycles. The summed E-state index contributed by atoms with van der Waals surface area (Å²) < 4.78 is 6.09. The highest BCUT2D eigenvalue weighted by Gasteiger charge is 2.28. The number of para-hydroxylation sites is 2. The van der Waals surface area contributed by atoms with Gasteiger partial charge in [0.1, 0.15) is 5.76 Å². The highest BCUT2D eigenvalue weighted by Crippen LogP contribution is 2.42. The van der Waals surface area contributed by atoms with Crippen molar-refractivity contribution in [2.24, 2.45) is 5.73 Å². The lowest BCUT2D eigenvalue weighted by atomic mass is 10.00. The lowest BCUT2D eigenvalue weighted by molar-refractivity contribution is 0.437. The summed E-state index contributed by atoms with van der Waals surface area (Å²) in [5.74, 6) is 1.73. The first-order valence-corrected chi connectivity index (χ1v) is 6.65. The molecule has 3 nitrogen and oxygen atoms in total. The molecule has 1 aliphatic carbocycles. The zero-order valence-corrected chi connectivity index (χ0v) is 10.9. The van der Waals surface area contributed by atoms with Gasteiger partial charge in [-0.05, 0) is 36.8 Å². The molecule has 3 aliphatic rings. The van der Waals surface area contributed by atoms with Crippen LogP contribution in [-0.4, -0.2) is 0 Å². The van der Waals surface area contributed by atoms with Crippen LogP contribution in [-0.2, 0) is 0 Å². The molecule has 3 heteroatoms. The minimum atomic E-state index is 0.768. The van der Waals surface area contributed by atoms with Crippen LogP contribution in [0.5, 0.6) is 5.75 Å². The summed E-state index contributed by atoms with van der Waals surface area (Å²) in [6.45, 7) is 0. The lowest BCUT2D eigenvalue weighted by Crippen LogP contribution is -2.24. The van der Waals surface area contributed by atoms with Crippen LogP contribution in [0.4, 0.5) is 5.69 Å². The number of rotatable bonds is 0. The molecule has 1 aromatic carbocycles. The van der Waals surface area contributed by atoms with Gasteiger partial charge in [0.15, 0.2) is 5.75 Å². The molecule has 0 saturated heterocycles. The summed E-state index contributed by atoms with van der Waals surface area (Å²) in [6, 6.07) is 8.02. The second kappa shape index (κ2) is 4.17. The number of anilines is 1. The Labute approximate surface area is 117 Å². The second-order valence-corrected chi connectivity index (χ2v) is 4.89. The van der Waals surface area contributed by atoms with E-state index < -0.39 is 0 Å². The Hall–Kier alpha value is -2.68. The molecular weight excluding hydrogens is 248 g/mol. The molecule has 20 heavy (non-hydrogen) atoms. The van der Waals surface area contributed by atoms with Crippen molar-refractivity contribution in [1.29, 1.82) is 0 Å². The average Bonchev–Trinajstić information content (AvgIpc) is 2.62. The maximum atomic E-state index is 6.23. The molecule has 4 rings (SSSR count). The fraction of sp³-hybridized carbons (Fsp3) is 0.0588. The lowest BCUT2D eigenvalue weighted by Gasteiger charge is -2.27. The number of nitrogens with two attached hydrogens (primary N) is 1. The molecular formula is C17H14N2O. The van der Waals surface area contributed by atoms with E-state index in [0.29, 0.717) is 0 Å². The van der Waals surface area contributed by atoms with Crippen LogP contribution in [0, 0.1) is 0 Å². The molecule has 0 aromatic heterocycles. The third-order valence-electron chi connectivity index (χ3n) is 3.66. The van der Waals surface area contributed by atoms with Gasteiger partial charge in [-0.25, -0.2) is 0 Å². The van der Waals surface area contributed by atoms with Gasteiger partial charge in [-0.3, -0.25) is 0 Å². The number of nitrogens with zero attached hydrogens (tertiary/aromatic N) is 1. The van der Waals surface area contributed by atoms with E-state index in [2.05, 4.69) is 11.0 Å². The first-order valence-electron chi connectivity index (χ1n) is 6.65. The van der Waals surface area contributed by atoms with Gasteiger partial charge >= 0.3 is 0 Å². The summed E-state index contributed by atoms with van der Waals surface area (Å²) in [7, 11) is 0. The van der Waals surface area contributed by atoms with E-state index in [1.54, 1.807) is 0 Å². The van der Waals surface area contributed by atoms with E-state index in [-0.39, 0.29) is 0 Å². The first-order chi connectivity index (χ1) is 9.84. The fourth-order valence-electron chi connectivity index (χ4n) is 2.76. The van der Waals surface area contributed by atoms with Gasteiger partial charge in [0.25, 0.3) is 0 Å². The Morgan fingerprint density at radius 1 is 1.10 bits per heavy atom. The van der Waals surface area contributed by atoms with Gasteiger partial charge in [0, 0.05) is 11.8 Å². The number of hydrogen-bond donors (Lipinski definition) is 1. The monoisotopic (exact) mass is 262 g/mol. The molecule has 0 radical (unpaired) electrons. The summed E-state index contributed by atoms with van der Waals surface area (Å²) in [5, 5.41) is 0. The molecule has 1 aromatic rings. The molecule has 0 spiro atoms. The Morgan fingerprint density at radius 3 is 2.95 bits per heavy atom. The smallest absolute Gasteiger partial charge is 0.151 e. The van der Waals surface area contributed by atoms with Crippen LogP contribution in [0.3, 0.4) is 0 Å². The Bertz CT molecular complexity index is 735. The van der Waals surface area contributed by atoms with Crippen molar-refractivity contribution in [3.8, 4) is 5.75 Å². The van der Waals surface area contributed by atoms with Crippen molar-refractivity contribution in [3.05, 3.63) is 83.6 Å². The zero-order chi connectivity index (χ0) is 13.5. The van der Waals surface area contributed by atoms with Gasteiger partial charge < -0.3 is 15.4 Å². The van der Waals surface area contributed by atoms with Crippen molar-refractivity contribution in [3.63, 3.8) is 0 Å². The largest absolute Gasteiger partial charge is 0.455 e. The highest BCUT2D eigenvalue weighted by atomic mass is 16.5. The third-order valence-corrected chi connectivity index (χ3v) is 3.66. The fourth-order valence-corrected chi connectivity index (χ4v) is 2.76. The van der Waals surface area contributed by atoms with E-state index in [9.17, 15) is 0 Å². The van der Waals surface area contributed by atoms with Crippen molar-refractivity contribution in [2.75, 3.05) is 4.90 Å². The molecule has 2 heterocycles. The van der Waals surface area contributed by atoms with Gasteiger partial charge in [-0.1, -0.05) is 24.3 Å². The summed E-state index contributed by atoms with van der Waals surface area (Å²) in [6.07, 6.45) is 12.9. The zero-order valence-electron chi connectivity index (χ0n) is 10.9. The predicted molar refractivity (Wildman–Crippen MR) is 79.8 cm³/mol. The van der Waals surface area contributed by atoms with Crippen molar-refractivity contribution in [1.82, 2.24) is 0 Å². The normalized spacial score (nSPS) is 19.3. The van der Waals surface area contributed by atoms with Crippen LogP contribution < -0.4 is 15.4 Å². The number of allylic oxidation sites excluding steroid dienone is 6. The Morgan fingerprint density at radius 2 is 2.00 bits per heavy atom. The molecule has 0 atom stereocenters. The predicted octanol–water partition coefficient (Wildman–Crippen LogP) is 3.35. The van der Waals surface area contributed by atoms with Gasteiger partial charge in [-0.15, -0.1) is 0 Å². The molecule has 2 N–H and O–H groups in total. The van der Waals surface area contributed by atoms with E-state index in [1.165, 1.54) is 0 Å². The maximum absolute atomic E-state index is 6.23. The number of benzene rings is 1. The van der Waals surface area contributed by atoms with Crippen molar-refractivity contribution < 1.29 is 4.74 Å². The van der Waals surface area contributed by atoms with E-state index in [1.807, 2.05) is 54.8 Å². The second-order valence-electron chi connectivity index (χ2n) is 4.89. The van der Waals surface area contributed by atoms with Crippen LogP contribution in [0.15, 0.2) is 83.6 Å². The average molecular weight is 262 g/mol. The van der Waals surface area contributed by atoms with Crippen molar-refractivity contribution in [2.45, 2.75) is 6.42 Å². The van der Waals surface area contributed by atoms with Crippen LogP contribution >= 0.6 is 0 Å². The Balaban J connectivity index is 2.02. The van der Waals surface area contributed by atoms with Gasteiger partial charge in [-0.2, -0.15) is 0 Å². The molecule has 0 amide bonds. The topological polar surface area (TPSA) is 38.5 Å². The maximum Gasteiger partial charge on any atom is 0.151 e. The van der Waals surface area contributed by atoms with Crippen LogP contribution in [0.1, 0.15) is 6.42 Å². The van der Waals surface area contributed by atoms with E-state index in [4.69, 9.17) is 10.5 Å². The molecule has 98 valence electrons. The minimum Gasteiger partial charge on any atom is -0.455 e. The molecule has 0 bridgehead atoms. The molecule has 0 fully saturated rings. The third kappa shape index (κ3) is 1.53. The number of fused-ring (bicyclic) bond motifs is 4. The molecule has 0 saturated carbocycles. The van der Waals surface area contributed by atoms with Crippen LogP contribution in [0.25, 0.3) is 0 Å². The van der Waals surface area contributed by atoms with Crippen LogP contribution in [0.2, 0.25) is 0 Å². The van der Waals surface area contributed by atoms with E-state index >= 15 is 0 Å². The number of ether oxygens (including phenoxy) is 1. The highest BCUT2D eigenvalue weighted by molar-refractivity contribution is 5.72. The number of hydrogen-bond acceptors (Lipinski definition) is 3. The van der Waals surface area contributed by atoms with Gasteiger partial charge in [0.05, 0.1) is 17.1 Å².